The molecule has 0 aliphatic carbocycles. The van der Waals surface area contributed by atoms with Gasteiger partial charge in [-0.25, -0.2) is 4.79 Å². The minimum atomic E-state index is -0.943. The summed E-state index contributed by atoms with van der Waals surface area (Å²) in [6.07, 6.45) is -0.120. The number of nitrogens with one attached hydrogen (secondary N) is 1. The van der Waals surface area contributed by atoms with E-state index in [-0.39, 0.29) is 19.1 Å². The molecule has 1 aromatic carbocycles. The van der Waals surface area contributed by atoms with Crippen molar-refractivity contribution in [3.63, 3.8) is 0 Å². The van der Waals surface area contributed by atoms with E-state index in [0.29, 0.717) is 18.8 Å². The van der Waals surface area contributed by atoms with Gasteiger partial charge in [0.05, 0.1) is 25.7 Å². The van der Waals surface area contributed by atoms with Gasteiger partial charge in [-0.15, -0.1) is 0 Å². The normalized spacial score (nSPS) is 18.4. The minimum absolute atomic E-state index is 0.120. The van der Waals surface area contributed by atoms with Crippen molar-refractivity contribution in [3.05, 3.63) is 28.2 Å². The molecule has 2 amide bonds. The molecular formula is C14H17BrN2O4. The first-order chi connectivity index (χ1) is 9.99. The second-order valence-corrected chi connectivity index (χ2v) is 5.72. The lowest BCUT2D eigenvalue weighted by Gasteiger charge is -2.34. The Balaban J connectivity index is 2.10. The van der Waals surface area contributed by atoms with Crippen LogP contribution in [-0.4, -0.2) is 47.8 Å². The number of hydrogen-bond acceptors (Lipinski definition) is 3. The van der Waals surface area contributed by atoms with E-state index >= 15 is 0 Å². The summed E-state index contributed by atoms with van der Waals surface area (Å²) in [5.74, 6) is -0.943. The number of amides is 2. The second-order valence-electron chi connectivity index (χ2n) is 4.86. The lowest BCUT2D eigenvalue weighted by Crippen LogP contribution is -2.51. The summed E-state index contributed by atoms with van der Waals surface area (Å²) in [6.45, 7) is 2.95. The number of rotatable bonds is 3. The van der Waals surface area contributed by atoms with Gasteiger partial charge in [-0.05, 0) is 24.6 Å². The molecule has 1 heterocycles. The number of ether oxygens (including phenoxy) is 1. The first-order valence-corrected chi connectivity index (χ1v) is 7.40. The zero-order valence-electron chi connectivity index (χ0n) is 11.6. The zero-order chi connectivity index (χ0) is 15.4. The number of nitrogens with zero attached hydrogens (tertiary/aromatic N) is 1. The maximum absolute atomic E-state index is 12.4. The predicted octanol–water partition coefficient (Wildman–Crippen LogP) is 2.46. The summed E-state index contributed by atoms with van der Waals surface area (Å²) in [5.41, 5.74) is 1.63. The van der Waals surface area contributed by atoms with E-state index in [4.69, 9.17) is 9.84 Å². The highest BCUT2D eigenvalue weighted by molar-refractivity contribution is 9.10. The number of anilines is 1. The van der Waals surface area contributed by atoms with Crippen molar-refractivity contribution >= 4 is 33.6 Å². The summed E-state index contributed by atoms with van der Waals surface area (Å²) in [7, 11) is 0. The van der Waals surface area contributed by atoms with Crippen molar-refractivity contribution < 1.29 is 19.4 Å². The number of urea groups is 1. The van der Waals surface area contributed by atoms with Gasteiger partial charge in [0.25, 0.3) is 0 Å². The number of hydrogen-bond donors (Lipinski definition) is 2. The van der Waals surface area contributed by atoms with Gasteiger partial charge >= 0.3 is 12.0 Å². The molecule has 0 spiro atoms. The Morgan fingerprint density at radius 2 is 2.29 bits per heavy atom. The van der Waals surface area contributed by atoms with Crippen molar-refractivity contribution in [2.24, 2.45) is 0 Å². The average molecular weight is 357 g/mol. The third kappa shape index (κ3) is 3.95. The number of carbonyl (C=O) groups excluding carboxylic acids is 1. The van der Waals surface area contributed by atoms with Crippen molar-refractivity contribution in [3.8, 4) is 0 Å². The monoisotopic (exact) mass is 356 g/mol. The highest BCUT2D eigenvalue weighted by Gasteiger charge is 2.29. The van der Waals surface area contributed by atoms with E-state index in [2.05, 4.69) is 21.2 Å². The van der Waals surface area contributed by atoms with Crippen LogP contribution >= 0.6 is 15.9 Å². The molecule has 1 unspecified atom stereocenters. The molecule has 1 aliphatic heterocycles. The van der Waals surface area contributed by atoms with E-state index in [9.17, 15) is 9.59 Å². The van der Waals surface area contributed by atoms with Gasteiger partial charge < -0.3 is 20.1 Å². The lowest BCUT2D eigenvalue weighted by molar-refractivity contribution is -0.139. The molecule has 1 atom stereocenters. The largest absolute Gasteiger partial charge is 0.481 e. The first-order valence-electron chi connectivity index (χ1n) is 6.61. The van der Waals surface area contributed by atoms with E-state index in [1.165, 1.54) is 4.90 Å². The second kappa shape index (κ2) is 6.91. The van der Waals surface area contributed by atoms with Gasteiger partial charge in [0.15, 0.2) is 0 Å². The molecule has 0 saturated carbocycles. The van der Waals surface area contributed by atoms with Gasteiger partial charge in [0.1, 0.15) is 0 Å². The molecule has 0 radical (unpaired) electrons. The van der Waals surface area contributed by atoms with Crippen LogP contribution in [0.4, 0.5) is 10.5 Å². The third-order valence-electron chi connectivity index (χ3n) is 3.41. The molecule has 114 valence electrons. The number of carboxylic acid groups (broad SMARTS) is 1. The molecule has 0 aromatic heterocycles. The molecular weight excluding hydrogens is 340 g/mol. The van der Waals surface area contributed by atoms with Gasteiger partial charge in [-0.2, -0.15) is 0 Å². The zero-order valence-corrected chi connectivity index (χ0v) is 13.2. The van der Waals surface area contributed by atoms with Crippen molar-refractivity contribution in [1.82, 2.24) is 4.90 Å². The Hall–Kier alpha value is -1.60. The number of benzene rings is 1. The van der Waals surface area contributed by atoms with Crippen molar-refractivity contribution in [1.29, 1.82) is 0 Å². The topological polar surface area (TPSA) is 78.9 Å². The van der Waals surface area contributed by atoms with Crippen LogP contribution < -0.4 is 5.32 Å². The van der Waals surface area contributed by atoms with E-state index in [0.717, 1.165) is 10.0 Å². The number of aliphatic carboxylic acids is 1. The van der Waals surface area contributed by atoms with Gasteiger partial charge in [-0.1, -0.05) is 22.0 Å². The molecule has 6 nitrogen and oxygen atoms in total. The summed E-state index contributed by atoms with van der Waals surface area (Å²) < 4.78 is 6.17. The van der Waals surface area contributed by atoms with Crippen molar-refractivity contribution in [2.75, 3.05) is 25.1 Å². The van der Waals surface area contributed by atoms with Crippen LogP contribution in [0.25, 0.3) is 0 Å². The molecule has 2 rings (SSSR count). The molecule has 1 fully saturated rings. The minimum Gasteiger partial charge on any atom is -0.481 e. The standard InChI is InChI=1S/C14H17BrN2O4/c1-9-11(15)3-2-4-12(9)16-14(20)17-5-6-21-8-10(17)7-13(18)19/h2-4,10H,5-8H2,1H3,(H,16,20)(H,18,19). The molecule has 2 N–H and O–H groups in total. The number of carbonyl (C=O) groups is 2. The van der Waals surface area contributed by atoms with Gasteiger partial charge in [0.2, 0.25) is 0 Å². The first kappa shape index (κ1) is 15.8. The average Bonchev–Trinajstić information content (AvgIpc) is 2.44. The predicted molar refractivity (Wildman–Crippen MR) is 81.5 cm³/mol. The smallest absolute Gasteiger partial charge is 0.322 e. The molecule has 0 bridgehead atoms. The number of carboxylic acids is 1. The Kier molecular flexibility index (Phi) is 5.19. The molecule has 1 aromatic rings. The van der Waals surface area contributed by atoms with Crippen LogP contribution in [0.3, 0.4) is 0 Å². The maximum atomic E-state index is 12.4. The van der Waals surface area contributed by atoms with Crippen LogP contribution in [0.5, 0.6) is 0 Å². The van der Waals surface area contributed by atoms with Crippen LogP contribution in [0.15, 0.2) is 22.7 Å². The summed E-state index contributed by atoms with van der Waals surface area (Å²) in [4.78, 5) is 24.8. The Labute approximate surface area is 131 Å². The summed E-state index contributed by atoms with van der Waals surface area (Å²) in [6, 6.07) is 4.80. The van der Waals surface area contributed by atoms with E-state index < -0.39 is 12.0 Å². The maximum Gasteiger partial charge on any atom is 0.322 e. The van der Waals surface area contributed by atoms with Crippen LogP contribution in [0.1, 0.15) is 12.0 Å². The quantitative estimate of drug-likeness (QED) is 0.871. The van der Waals surface area contributed by atoms with Crippen LogP contribution in [0.2, 0.25) is 0 Å². The Morgan fingerprint density at radius 3 is 3.00 bits per heavy atom. The lowest BCUT2D eigenvalue weighted by atomic mass is 10.1. The van der Waals surface area contributed by atoms with Crippen molar-refractivity contribution in [2.45, 2.75) is 19.4 Å². The summed E-state index contributed by atoms with van der Waals surface area (Å²) in [5, 5.41) is 11.7. The fourth-order valence-electron chi connectivity index (χ4n) is 2.22. The number of morpholine rings is 1. The fourth-order valence-corrected chi connectivity index (χ4v) is 2.59. The molecule has 7 heteroatoms. The van der Waals surface area contributed by atoms with E-state index in [1.54, 1.807) is 0 Å². The van der Waals surface area contributed by atoms with Gasteiger partial charge in [0, 0.05) is 16.7 Å². The summed E-state index contributed by atoms with van der Waals surface area (Å²) >= 11 is 3.41. The fraction of sp³-hybridized carbons (Fsp3) is 0.429. The third-order valence-corrected chi connectivity index (χ3v) is 4.27. The SMILES string of the molecule is Cc1c(Br)cccc1NC(=O)N1CCOCC1CC(=O)O. The van der Waals surface area contributed by atoms with E-state index in [1.807, 2.05) is 25.1 Å². The highest BCUT2D eigenvalue weighted by atomic mass is 79.9. The molecule has 1 aliphatic rings. The van der Waals surface area contributed by atoms with Crippen LogP contribution in [0, 0.1) is 6.92 Å². The molecule has 21 heavy (non-hydrogen) atoms. The number of halogens is 1. The highest BCUT2D eigenvalue weighted by Crippen LogP contribution is 2.24. The van der Waals surface area contributed by atoms with Gasteiger partial charge in [-0.3, -0.25) is 4.79 Å². The Bertz CT molecular complexity index is 550. The molecule has 1 saturated heterocycles. The Morgan fingerprint density at radius 1 is 1.52 bits per heavy atom. The van der Waals surface area contributed by atoms with Crippen LogP contribution in [-0.2, 0) is 9.53 Å².